The quantitative estimate of drug-likeness (QED) is 0.455. The molecule has 3 rings (SSSR count). The van der Waals surface area contributed by atoms with E-state index in [0.717, 1.165) is 22.4 Å². The van der Waals surface area contributed by atoms with Crippen LogP contribution < -0.4 is 14.8 Å². The number of nitrogens with one attached hydrogen (secondary N) is 1. The van der Waals surface area contributed by atoms with Gasteiger partial charge >= 0.3 is 6.18 Å². The molecule has 0 aromatic heterocycles. The van der Waals surface area contributed by atoms with E-state index in [-0.39, 0.29) is 23.8 Å². The highest BCUT2D eigenvalue weighted by molar-refractivity contribution is 5.91. The number of carbonyl (C=O) groups is 1. The third-order valence-electron chi connectivity index (χ3n) is 4.79. The summed E-state index contributed by atoms with van der Waals surface area (Å²) in [6.45, 7) is -1.40. The van der Waals surface area contributed by atoms with Crippen LogP contribution in [0.3, 0.4) is 0 Å². The summed E-state index contributed by atoms with van der Waals surface area (Å²) in [5.74, 6) is 0.0510. The van der Waals surface area contributed by atoms with Gasteiger partial charge < -0.3 is 14.8 Å². The first-order valence-corrected chi connectivity index (χ1v) is 10.1. The highest BCUT2D eigenvalue weighted by Crippen LogP contribution is 2.30. The second-order valence-electron chi connectivity index (χ2n) is 7.26. The molecule has 0 bridgehead atoms. The molecule has 0 saturated heterocycles. The smallest absolute Gasteiger partial charge is 0.422 e. The number of hydrogen-bond donors (Lipinski definition) is 1. The number of rotatable bonds is 9. The van der Waals surface area contributed by atoms with E-state index in [9.17, 15) is 18.0 Å². The zero-order valence-electron chi connectivity index (χ0n) is 17.6. The number of halogens is 3. The summed E-state index contributed by atoms with van der Waals surface area (Å²) in [5, 5.41) is 2.96. The molecule has 0 aliphatic rings. The fourth-order valence-corrected chi connectivity index (χ4v) is 3.23. The van der Waals surface area contributed by atoms with Crippen LogP contribution in [0.25, 0.3) is 0 Å². The third-order valence-corrected chi connectivity index (χ3v) is 4.79. The van der Waals surface area contributed by atoms with E-state index in [1.54, 1.807) is 12.1 Å². The predicted octanol–water partition coefficient (Wildman–Crippen LogP) is 5.80. The number of alkyl halides is 3. The van der Waals surface area contributed by atoms with Gasteiger partial charge in [0.15, 0.2) is 18.1 Å². The van der Waals surface area contributed by atoms with Crippen molar-refractivity contribution in [3.63, 3.8) is 0 Å². The van der Waals surface area contributed by atoms with E-state index in [1.165, 1.54) is 13.2 Å². The average Bonchev–Trinajstić information content (AvgIpc) is 2.78. The van der Waals surface area contributed by atoms with Crippen molar-refractivity contribution in [1.82, 2.24) is 0 Å². The molecule has 0 heterocycles. The molecule has 0 atom stereocenters. The van der Waals surface area contributed by atoms with Gasteiger partial charge in [0.2, 0.25) is 5.91 Å². The lowest BCUT2D eigenvalue weighted by atomic mass is 10.0. The molecule has 32 heavy (non-hydrogen) atoms. The third kappa shape index (κ3) is 7.04. The number of methoxy groups -OCH3 is 1. The molecule has 0 unspecified atom stereocenters. The number of ether oxygens (including phenoxy) is 2. The molecule has 1 amide bonds. The van der Waals surface area contributed by atoms with Crippen molar-refractivity contribution < 1.29 is 27.4 Å². The van der Waals surface area contributed by atoms with Gasteiger partial charge in [-0.25, -0.2) is 0 Å². The van der Waals surface area contributed by atoms with Gasteiger partial charge in [-0.3, -0.25) is 4.79 Å². The first kappa shape index (κ1) is 23.2. The Bertz CT molecular complexity index is 1040. The van der Waals surface area contributed by atoms with Crippen LogP contribution in [0.1, 0.15) is 23.1 Å². The van der Waals surface area contributed by atoms with Crippen molar-refractivity contribution in [2.45, 2.75) is 25.4 Å². The lowest BCUT2D eigenvalue weighted by Gasteiger charge is -2.14. The van der Waals surface area contributed by atoms with Crippen LogP contribution in [-0.4, -0.2) is 25.8 Å². The maximum absolute atomic E-state index is 12.5. The second-order valence-corrected chi connectivity index (χ2v) is 7.26. The molecule has 0 fully saturated rings. The Labute approximate surface area is 185 Å². The summed E-state index contributed by atoms with van der Waals surface area (Å²) in [6.07, 6.45) is -3.11. The van der Waals surface area contributed by atoms with Gasteiger partial charge in [-0.1, -0.05) is 54.6 Å². The highest BCUT2D eigenvalue weighted by atomic mass is 19.4. The number of hydrogen-bond acceptors (Lipinski definition) is 3. The molecule has 7 heteroatoms. The largest absolute Gasteiger partial charge is 0.493 e. The van der Waals surface area contributed by atoms with Crippen molar-refractivity contribution in [2.24, 2.45) is 0 Å². The minimum Gasteiger partial charge on any atom is -0.493 e. The first-order chi connectivity index (χ1) is 15.3. The van der Waals surface area contributed by atoms with Crippen LogP contribution in [0.2, 0.25) is 0 Å². The molecule has 0 saturated carbocycles. The molecular formula is C25H24F3NO3. The van der Waals surface area contributed by atoms with Gasteiger partial charge in [-0.05, 0) is 47.7 Å². The maximum atomic E-state index is 12.5. The number of para-hydroxylation sites is 1. The second kappa shape index (κ2) is 10.7. The standard InChI is InChI=1S/C25H24F3NO3/c1-31-23-16-19(11-13-22(23)32-17-25(26,27)28)12-14-24(30)29-21-10-6-5-9-20(21)15-18-7-3-2-4-8-18/h2-11,13,16H,12,14-15,17H2,1H3,(H,29,30). The summed E-state index contributed by atoms with van der Waals surface area (Å²) in [7, 11) is 1.36. The van der Waals surface area contributed by atoms with E-state index in [1.807, 2.05) is 54.6 Å². The number of carbonyl (C=O) groups excluding carboxylic acids is 1. The van der Waals surface area contributed by atoms with E-state index in [0.29, 0.717) is 12.8 Å². The average molecular weight is 443 g/mol. The Kier molecular flexibility index (Phi) is 7.76. The van der Waals surface area contributed by atoms with Crippen LogP contribution in [-0.2, 0) is 17.6 Å². The zero-order valence-corrected chi connectivity index (χ0v) is 17.6. The van der Waals surface area contributed by atoms with Crippen molar-refractivity contribution in [3.05, 3.63) is 89.5 Å². The van der Waals surface area contributed by atoms with Gasteiger partial charge in [-0.15, -0.1) is 0 Å². The molecule has 0 radical (unpaired) electrons. The highest BCUT2D eigenvalue weighted by Gasteiger charge is 2.29. The van der Waals surface area contributed by atoms with Gasteiger partial charge in [0, 0.05) is 12.1 Å². The van der Waals surface area contributed by atoms with Crippen LogP contribution >= 0.6 is 0 Å². The van der Waals surface area contributed by atoms with Crippen LogP contribution in [0.4, 0.5) is 18.9 Å². The Morgan fingerprint density at radius 1 is 0.906 bits per heavy atom. The van der Waals surface area contributed by atoms with E-state index in [2.05, 4.69) is 5.32 Å². The number of amides is 1. The molecular weight excluding hydrogens is 419 g/mol. The van der Waals surface area contributed by atoms with Crippen LogP contribution in [0.5, 0.6) is 11.5 Å². The van der Waals surface area contributed by atoms with E-state index < -0.39 is 12.8 Å². The number of anilines is 1. The van der Waals surface area contributed by atoms with Crippen molar-refractivity contribution >= 4 is 11.6 Å². The van der Waals surface area contributed by atoms with Gasteiger partial charge in [0.05, 0.1) is 7.11 Å². The van der Waals surface area contributed by atoms with Gasteiger partial charge in [0.1, 0.15) is 0 Å². The first-order valence-electron chi connectivity index (χ1n) is 10.1. The van der Waals surface area contributed by atoms with Crippen molar-refractivity contribution in [1.29, 1.82) is 0 Å². The molecule has 0 spiro atoms. The van der Waals surface area contributed by atoms with Crippen molar-refractivity contribution in [3.8, 4) is 11.5 Å². The lowest BCUT2D eigenvalue weighted by Crippen LogP contribution is -2.19. The Morgan fingerprint density at radius 3 is 2.34 bits per heavy atom. The summed E-state index contributed by atoms with van der Waals surface area (Å²) >= 11 is 0. The molecule has 0 aliphatic carbocycles. The predicted molar refractivity (Wildman–Crippen MR) is 117 cm³/mol. The van der Waals surface area contributed by atoms with Gasteiger partial charge in [-0.2, -0.15) is 13.2 Å². The van der Waals surface area contributed by atoms with Crippen LogP contribution in [0.15, 0.2) is 72.8 Å². The molecule has 168 valence electrons. The van der Waals surface area contributed by atoms with E-state index in [4.69, 9.17) is 9.47 Å². The summed E-state index contributed by atoms with van der Waals surface area (Å²) < 4.78 is 47.1. The monoisotopic (exact) mass is 443 g/mol. The molecule has 3 aromatic carbocycles. The summed E-state index contributed by atoms with van der Waals surface area (Å²) in [5.41, 5.74) is 3.68. The minimum atomic E-state index is -4.43. The SMILES string of the molecule is COc1cc(CCC(=O)Nc2ccccc2Cc2ccccc2)ccc1OCC(F)(F)F. The van der Waals surface area contributed by atoms with Crippen LogP contribution in [0, 0.1) is 0 Å². The number of benzene rings is 3. The molecule has 3 aromatic rings. The lowest BCUT2D eigenvalue weighted by molar-refractivity contribution is -0.153. The molecule has 4 nitrogen and oxygen atoms in total. The fraction of sp³-hybridized carbons (Fsp3) is 0.240. The molecule has 0 aliphatic heterocycles. The zero-order chi connectivity index (χ0) is 23.0. The van der Waals surface area contributed by atoms with Crippen molar-refractivity contribution in [2.75, 3.05) is 19.0 Å². The normalized spacial score (nSPS) is 11.1. The minimum absolute atomic E-state index is 0.00728. The Morgan fingerprint density at radius 2 is 1.62 bits per heavy atom. The Balaban J connectivity index is 1.59. The molecule has 1 N–H and O–H groups in total. The maximum Gasteiger partial charge on any atom is 0.422 e. The van der Waals surface area contributed by atoms with Gasteiger partial charge in [0.25, 0.3) is 0 Å². The summed E-state index contributed by atoms with van der Waals surface area (Å²) in [6, 6.07) is 22.3. The summed E-state index contributed by atoms with van der Waals surface area (Å²) in [4.78, 5) is 12.5. The Hall–Kier alpha value is -3.48. The van der Waals surface area contributed by atoms with E-state index >= 15 is 0 Å². The fourth-order valence-electron chi connectivity index (χ4n) is 3.23. The topological polar surface area (TPSA) is 47.6 Å². The number of aryl methyl sites for hydroxylation is 1.